The maximum atomic E-state index is 11.9. The first-order chi connectivity index (χ1) is 10.1. The van der Waals surface area contributed by atoms with Gasteiger partial charge in [-0.1, -0.05) is 6.92 Å². The fourth-order valence-corrected chi connectivity index (χ4v) is 1.60. The molecule has 0 spiro atoms. The molecule has 8 heteroatoms. The highest BCUT2D eigenvalue weighted by molar-refractivity contribution is 5.84. The molecule has 1 atom stereocenters. The first-order valence-electron chi connectivity index (χ1n) is 7.26. The fourth-order valence-electron chi connectivity index (χ4n) is 1.60. The Morgan fingerprint density at radius 1 is 1.33 bits per heavy atom. The van der Waals surface area contributed by atoms with Crippen molar-refractivity contribution in [2.24, 2.45) is 0 Å². The predicted octanol–water partition coefficient (Wildman–Crippen LogP) is 0.781. The summed E-state index contributed by atoms with van der Waals surface area (Å²) in [5.41, 5.74) is 0. The zero-order valence-corrected chi connectivity index (χ0v) is 12.6. The molecule has 1 aromatic heterocycles. The lowest BCUT2D eigenvalue weighted by molar-refractivity contribution is -0.121. The molecular formula is C13H22N6O2. The fraction of sp³-hybridized carbons (Fsp3) is 0.692. The highest BCUT2D eigenvalue weighted by Crippen LogP contribution is 2.19. The Morgan fingerprint density at radius 3 is 2.67 bits per heavy atom. The van der Waals surface area contributed by atoms with Crippen LogP contribution in [-0.2, 0) is 4.79 Å². The first-order valence-corrected chi connectivity index (χ1v) is 7.26. The molecule has 1 unspecified atom stereocenters. The Balaban J connectivity index is 2.00. The van der Waals surface area contributed by atoms with E-state index in [0.29, 0.717) is 24.5 Å². The number of anilines is 2. The van der Waals surface area contributed by atoms with Gasteiger partial charge in [-0.05, 0) is 26.2 Å². The van der Waals surface area contributed by atoms with E-state index in [0.717, 1.165) is 19.3 Å². The van der Waals surface area contributed by atoms with Gasteiger partial charge in [0.15, 0.2) is 0 Å². The van der Waals surface area contributed by atoms with Crippen LogP contribution in [0.1, 0.15) is 33.1 Å². The zero-order chi connectivity index (χ0) is 15.2. The lowest BCUT2D eigenvalue weighted by Gasteiger charge is -2.14. The molecule has 21 heavy (non-hydrogen) atoms. The number of rotatable bonds is 8. The number of hydrogen-bond donors (Lipinski definition) is 3. The van der Waals surface area contributed by atoms with Gasteiger partial charge >= 0.3 is 6.01 Å². The van der Waals surface area contributed by atoms with Crippen molar-refractivity contribution in [3.05, 3.63) is 0 Å². The van der Waals surface area contributed by atoms with Gasteiger partial charge in [0.05, 0.1) is 6.61 Å². The molecule has 0 saturated heterocycles. The van der Waals surface area contributed by atoms with E-state index < -0.39 is 6.04 Å². The van der Waals surface area contributed by atoms with Crippen molar-refractivity contribution >= 4 is 17.8 Å². The van der Waals surface area contributed by atoms with Crippen molar-refractivity contribution in [3.63, 3.8) is 0 Å². The Hall–Kier alpha value is -2.12. The molecule has 1 saturated carbocycles. The van der Waals surface area contributed by atoms with Crippen LogP contribution >= 0.6 is 0 Å². The van der Waals surface area contributed by atoms with Crippen molar-refractivity contribution in [2.45, 2.75) is 45.2 Å². The van der Waals surface area contributed by atoms with E-state index >= 15 is 0 Å². The van der Waals surface area contributed by atoms with Gasteiger partial charge in [-0.25, -0.2) is 0 Å². The van der Waals surface area contributed by atoms with Crippen LogP contribution in [0.15, 0.2) is 0 Å². The first kappa shape index (κ1) is 15.3. The molecule has 0 radical (unpaired) electrons. The molecule has 1 aromatic rings. The van der Waals surface area contributed by atoms with Crippen LogP contribution in [0.3, 0.4) is 0 Å². The van der Waals surface area contributed by atoms with E-state index in [2.05, 4.69) is 30.9 Å². The highest BCUT2D eigenvalue weighted by Gasteiger charge is 2.26. The van der Waals surface area contributed by atoms with Crippen molar-refractivity contribution in [2.75, 3.05) is 24.3 Å². The predicted molar refractivity (Wildman–Crippen MR) is 79.4 cm³/mol. The Morgan fingerprint density at radius 2 is 2.05 bits per heavy atom. The van der Waals surface area contributed by atoms with Crippen molar-refractivity contribution in [1.29, 1.82) is 0 Å². The highest BCUT2D eigenvalue weighted by atomic mass is 16.5. The van der Waals surface area contributed by atoms with Crippen LogP contribution in [0.4, 0.5) is 11.9 Å². The van der Waals surface area contributed by atoms with E-state index in [4.69, 9.17) is 4.74 Å². The molecule has 2 rings (SSSR count). The normalized spacial score (nSPS) is 15.2. The maximum absolute atomic E-state index is 11.9. The van der Waals surface area contributed by atoms with Gasteiger partial charge in [0.2, 0.25) is 17.8 Å². The second kappa shape index (κ2) is 7.05. The molecule has 1 aliphatic carbocycles. The molecule has 1 amide bonds. The largest absolute Gasteiger partial charge is 0.463 e. The number of aromatic nitrogens is 3. The van der Waals surface area contributed by atoms with E-state index in [1.54, 1.807) is 14.0 Å². The van der Waals surface area contributed by atoms with Crippen LogP contribution in [0.5, 0.6) is 6.01 Å². The summed E-state index contributed by atoms with van der Waals surface area (Å²) < 4.78 is 5.41. The monoisotopic (exact) mass is 294 g/mol. The molecule has 8 nitrogen and oxygen atoms in total. The Labute approximate surface area is 124 Å². The molecule has 1 heterocycles. The molecule has 0 aliphatic heterocycles. The van der Waals surface area contributed by atoms with Crippen molar-refractivity contribution in [1.82, 2.24) is 20.3 Å². The third-order valence-corrected chi connectivity index (χ3v) is 2.94. The van der Waals surface area contributed by atoms with E-state index in [1.165, 1.54) is 0 Å². The Kier molecular flexibility index (Phi) is 5.13. The van der Waals surface area contributed by atoms with Crippen molar-refractivity contribution in [3.8, 4) is 6.01 Å². The number of nitrogens with zero attached hydrogens (tertiary/aromatic N) is 3. The number of carbonyl (C=O) groups excluding carboxylic acids is 1. The number of ether oxygens (including phenoxy) is 1. The summed E-state index contributed by atoms with van der Waals surface area (Å²) in [6.07, 6.45) is 2.98. The summed E-state index contributed by atoms with van der Waals surface area (Å²) in [6, 6.07) is 0.154. The lowest BCUT2D eigenvalue weighted by atomic mass is 10.3. The number of hydrogen-bond acceptors (Lipinski definition) is 7. The minimum absolute atomic E-state index is 0.0556. The topological polar surface area (TPSA) is 101 Å². The van der Waals surface area contributed by atoms with Gasteiger partial charge in [0.25, 0.3) is 0 Å². The molecule has 1 fully saturated rings. The summed E-state index contributed by atoms with van der Waals surface area (Å²) in [4.78, 5) is 24.4. The Bertz CT molecular complexity index is 492. The molecule has 1 aliphatic rings. The minimum Gasteiger partial charge on any atom is -0.463 e. The van der Waals surface area contributed by atoms with Crippen molar-refractivity contribution < 1.29 is 9.53 Å². The van der Waals surface area contributed by atoms with E-state index in [1.807, 2.05) is 6.92 Å². The third-order valence-electron chi connectivity index (χ3n) is 2.94. The van der Waals surface area contributed by atoms with Crippen LogP contribution < -0.4 is 20.7 Å². The van der Waals surface area contributed by atoms with Gasteiger partial charge in [0, 0.05) is 13.1 Å². The zero-order valence-electron chi connectivity index (χ0n) is 12.6. The third kappa shape index (κ3) is 4.73. The van der Waals surface area contributed by atoms with Crippen LogP contribution in [0.25, 0.3) is 0 Å². The molecule has 3 N–H and O–H groups in total. The average molecular weight is 294 g/mol. The van der Waals surface area contributed by atoms with Gasteiger partial charge in [-0.3, -0.25) is 4.79 Å². The van der Waals surface area contributed by atoms with E-state index in [-0.39, 0.29) is 11.9 Å². The summed E-state index contributed by atoms with van der Waals surface area (Å²) in [6.45, 7) is 4.31. The number of nitrogens with one attached hydrogen (secondary N) is 3. The number of amides is 1. The molecule has 0 aromatic carbocycles. The second-order valence-corrected chi connectivity index (χ2v) is 5.01. The standard InChI is InChI=1S/C13H22N6O2/c1-4-7-21-13-18-11(14-3)17-12(19-13)15-8(2)10(20)16-9-5-6-9/h8-9H,4-7H2,1-3H3,(H,16,20)(H2,14,15,17,18,19). The summed E-state index contributed by atoms with van der Waals surface area (Å²) >= 11 is 0. The maximum Gasteiger partial charge on any atom is 0.323 e. The summed E-state index contributed by atoms with van der Waals surface area (Å²) in [7, 11) is 1.71. The van der Waals surface area contributed by atoms with Gasteiger partial charge in [-0.15, -0.1) is 0 Å². The average Bonchev–Trinajstić information content (AvgIpc) is 3.28. The van der Waals surface area contributed by atoms with Gasteiger partial charge in [0.1, 0.15) is 6.04 Å². The SMILES string of the molecule is CCCOc1nc(NC)nc(NC(C)C(=O)NC2CC2)n1. The quantitative estimate of drug-likeness (QED) is 0.651. The van der Waals surface area contributed by atoms with Crippen LogP contribution in [-0.4, -0.2) is 46.6 Å². The van der Waals surface area contributed by atoms with Gasteiger partial charge in [-0.2, -0.15) is 15.0 Å². The summed E-state index contributed by atoms with van der Waals surface area (Å²) in [5, 5.41) is 8.75. The number of carbonyl (C=O) groups is 1. The van der Waals surface area contributed by atoms with Crippen LogP contribution in [0, 0.1) is 0 Å². The second-order valence-electron chi connectivity index (χ2n) is 5.01. The summed E-state index contributed by atoms with van der Waals surface area (Å²) in [5.74, 6) is 0.659. The molecule has 0 bridgehead atoms. The lowest BCUT2D eigenvalue weighted by Crippen LogP contribution is -2.39. The molecular weight excluding hydrogens is 272 g/mol. The van der Waals surface area contributed by atoms with Crippen LogP contribution in [0.2, 0.25) is 0 Å². The minimum atomic E-state index is -0.420. The van der Waals surface area contributed by atoms with E-state index in [9.17, 15) is 4.79 Å². The smallest absolute Gasteiger partial charge is 0.323 e. The van der Waals surface area contributed by atoms with Gasteiger partial charge < -0.3 is 20.7 Å². The molecule has 116 valence electrons.